The Morgan fingerprint density at radius 1 is 1.14 bits per heavy atom. The summed E-state index contributed by atoms with van der Waals surface area (Å²) in [5.74, 6) is 0. The van der Waals surface area contributed by atoms with Crippen LogP contribution in [0.5, 0.6) is 0 Å². The van der Waals surface area contributed by atoms with Crippen molar-refractivity contribution >= 4 is 13.2 Å². The molecular weight excluding hydrogens is 191 g/mol. The van der Waals surface area contributed by atoms with E-state index >= 15 is 0 Å². The highest BCUT2D eigenvalue weighted by atomic mass is 31.1. The Morgan fingerprint density at radius 2 is 1.86 bits per heavy atom. The van der Waals surface area contributed by atoms with Crippen LogP contribution in [0.2, 0.25) is 0 Å². The summed E-state index contributed by atoms with van der Waals surface area (Å²) in [6, 6.07) is 10.8. The summed E-state index contributed by atoms with van der Waals surface area (Å²) in [4.78, 5) is 0. The zero-order chi connectivity index (χ0) is 10.2. The highest BCUT2D eigenvalue weighted by Gasteiger charge is 2.06. The van der Waals surface area contributed by atoms with Crippen molar-refractivity contribution in [2.24, 2.45) is 0 Å². The topological polar surface area (TPSA) is 9.23 Å². The SMILES string of the molecule is CCOCCP(CC)c1ccccc1. The van der Waals surface area contributed by atoms with Gasteiger partial charge in [-0.1, -0.05) is 45.2 Å². The fraction of sp³-hybridized carbons (Fsp3) is 0.500. The largest absolute Gasteiger partial charge is 0.381 e. The molecule has 1 atom stereocenters. The Balaban J connectivity index is 2.46. The summed E-state index contributed by atoms with van der Waals surface area (Å²) in [5, 5.41) is 1.50. The molecule has 0 amide bonds. The Hall–Kier alpha value is -0.390. The van der Waals surface area contributed by atoms with E-state index in [2.05, 4.69) is 44.2 Å². The minimum absolute atomic E-state index is 0.00984. The molecule has 0 aliphatic heterocycles. The molecule has 0 aliphatic rings. The molecule has 0 radical (unpaired) electrons. The first-order valence-electron chi connectivity index (χ1n) is 5.26. The van der Waals surface area contributed by atoms with E-state index in [9.17, 15) is 0 Å². The smallest absolute Gasteiger partial charge is 0.0508 e. The van der Waals surface area contributed by atoms with Crippen molar-refractivity contribution in [3.8, 4) is 0 Å². The quantitative estimate of drug-likeness (QED) is 0.518. The van der Waals surface area contributed by atoms with Gasteiger partial charge in [0.15, 0.2) is 0 Å². The second-order valence-electron chi connectivity index (χ2n) is 3.11. The van der Waals surface area contributed by atoms with Gasteiger partial charge in [-0.2, -0.15) is 0 Å². The summed E-state index contributed by atoms with van der Waals surface area (Å²) in [6.07, 6.45) is 2.45. The number of benzene rings is 1. The van der Waals surface area contributed by atoms with Crippen molar-refractivity contribution in [2.75, 3.05) is 25.5 Å². The van der Waals surface area contributed by atoms with E-state index in [1.807, 2.05) is 0 Å². The average Bonchev–Trinajstić information content (AvgIpc) is 2.26. The molecule has 0 heterocycles. The maximum absolute atomic E-state index is 5.40. The zero-order valence-corrected chi connectivity index (χ0v) is 9.97. The van der Waals surface area contributed by atoms with Crippen LogP contribution >= 0.6 is 7.92 Å². The van der Waals surface area contributed by atoms with E-state index in [-0.39, 0.29) is 7.92 Å². The van der Waals surface area contributed by atoms with Gasteiger partial charge in [0.05, 0.1) is 6.61 Å². The minimum atomic E-state index is 0.00984. The molecule has 1 aromatic rings. The van der Waals surface area contributed by atoms with E-state index in [0.29, 0.717) is 0 Å². The van der Waals surface area contributed by atoms with Gasteiger partial charge in [0, 0.05) is 6.61 Å². The molecule has 0 fully saturated rings. The number of hydrogen-bond acceptors (Lipinski definition) is 1. The van der Waals surface area contributed by atoms with E-state index in [1.54, 1.807) is 0 Å². The number of ether oxygens (including phenoxy) is 1. The van der Waals surface area contributed by atoms with Gasteiger partial charge in [0.2, 0.25) is 0 Å². The molecule has 1 rings (SSSR count). The van der Waals surface area contributed by atoms with Crippen molar-refractivity contribution in [3.63, 3.8) is 0 Å². The van der Waals surface area contributed by atoms with Crippen LogP contribution in [-0.2, 0) is 4.74 Å². The van der Waals surface area contributed by atoms with Crippen LogP contribution in [0.1, 0.15) is 13.8 Å². The minimum Gasteiger partial charge on any atom is -0.381 e. The van der Waals surface area contributed by atoms with E-state index in [0.717, 1.165) is 13.2 Å². The molecule has 0 saturated carbocycles. The van der Waals surface area contributed by atoms with Crippen LogP contribution in [0.25, 0.3) is 0 Å². The zero-order valence-electron chi connectivity index (χ0n) is 9.07. The van der Waals surface area contributed by atoms with Gasteiger partial charge in [-0.15, -0.1) is 0 Å². The Morgan fingerprint density at radius 3 is 2.43 bits per heavy atom. The lowest BCUT2D eigenvalue weighted by atomic mass is 10.4. The van der Waals surface area contributed by atoms with Crippen LogP contribution in [0.15, 0.2) is 30.3 Å². The van der Waals surface area contributed by atoms with E-state index < -0.39 is 0 Å². The third-order valence-electron chi connectivity index (χ3n) is 2.21. The van der Waals surface area contributed by atoms with Crippen molar-refractivity contribution in [1.82, 2.24) is 0 Å². The van der Waals surface area contributed by atoms with E-state index in [4.69, 9.17) is 4.74 Å². The van der Waals surface area contributed by atoms with Crippen molar-refractivity contribution < 1.29 is 4.74 Å². The summed E-state index contributed by atoms with van der Waals surface area (Å²) in [7, 11) is 0.00984. The molecule has 1 aromatic carbocycles. The molecule has 0 spiro atoms. The van der Waals surface area contributed by atoms with Crippen LogP contribution in [0, 0.1) is 0 Å². The molecule has 1 unspecified atom stereocenters. The van der Waals surface area contributed by atoms with Crippen LogP contribution in [-0.4, -0.2) is 25.5 Å². The molecule has 0 aliphatic carbocycles. The number of hydrogen-bond donors (Lipinski definition) is 0. The molecule has 2 heteroatoms. The average molecular weight is 210 g/mol. The predicted molar refractivity (Wildman–Crippen MR) is 64.9 cm³/mol. The molecule has 0 saturated heterocycles. The standard InChI is InChI=1S/C12H19OP/c1-3-13-10-11-14(4-2)12-8-6-5-7-9-12/h5-9H,3-4,10-11H2,1-2H3. The van der Waals surface area contributed by atoms with Crippen molar-refractivity contribution in [1.29, 1.82) is 0 Å². The molecule has 14 heavy (non-hydrogen) atoms. The Labute approximate surface area is 88.2 Å². The van der Waals surface area contributed by atoms with Gasteiger partial charge < -0.3 is 4.74 Å². The van der Waals surface area contributed by atoms with Crippen molar-refractivity contribution in [2.45, 2.75) is 13.8 Å². The van der Waals surface area contributed by atoms with Crippen molar-refractivity contribution in [3.05, 3.63) is 30.3 Å². The molecule has 0 bridgehead atoms. The van der Waals surface area contributed by atoms with Gasteiger partial charge in [-0.3, -0.25) is 0 Å². The molecule has 1 nitrogen and oxygen atoms in total. The van der Waals surface area contributed by atoms with Crippen LogP contribution in [0.4, 0.5) is 0 Å². The first-order chi connectivity index (χ1) is 6.88. The summed E-state index contributed by atoms with van der Waals surface area (Å²) in [5.41, 5.74) is 0. The summed E-state index contributed by atoms with van der Waals surface area (Å²) < 4.78 is 5.40. The summed E-state index contributed by atoms with van der Waals surface area (Å²) in [6.45, 7) is 6.06. The third-order valence-corrected chi connectivity index (χ3v) is 4.73. The van der Waals surface area contributed by atoms with Gasteiger partial charge >= 0.3 is 0 Å². The fourth-order valence-corrected chi connectivity index (χ4v) is 3.31. The fourth-order valence-electron chi connectivity index (χ4n) is 1.43. The maximum atomic E-state index is 5.40. The number of rotatable bonds is 6. The van der Waals surface area contributed by atoms with Gasteiger partial charge in [-0.05, 0) is 24.6 Å². The lowest BCUT2D eigenvalue weighted by molar-refractivity contribution is 0.164. The summed E-state index contributed by atoms with van der Waals surface area (Å²) >= 11 is 0. The highest BCUT2D eigenvalue weighted by molar-refractivity contribution is 7.65. The second-order valence-corrected chi connectivity index (χ2v) is 5.79. The molecule has 0 aromatic heterocycles. The molecule has 78 valence electrons. The highest BCUT2D eigenvalue weighted by Crippen LogP contribution is 2.32. The first kappa shape index (κ1) is 11.7. The Kier molecular flexibility index (Phi) is 5.82. The van der Waals surface area contributed by atoms with E-state index in [1.165, 1.54) is 17.6 Å². The monoisotopic (exact) mass is 210 g/mol. The normalized spacial score (nSPS) is 12.7. The first-order valence-corrected chi connectivity index (χ1v) is 6.97. The Bertz CT molecular complexity index is 235. The molecular formula is C12H19OP. The lowest BCUT2D eigenvalue weighted by Gasteiger charge is -2.15. The maximum Gasteiger partial charge on any atom is 0.0508 e. The third kappa shape index (κ3) is 3.77. The van der Waals surface area contributed by atoms with Gasteiger partial charge in [0.1, 0.15) is 0 Å². The lowest BCUT2D eigenvalue weighted by Crippen LogP contribution is -2.08. The van der Waals surface area contributed by atoms with Gasteiger partial charge in [0.25, 0.3) is 0 Å². The molecule has 0 N–H and O–H groups in total. The second kappa shape index (κ2) is 6.98. The predicted octanol–water partition coefficient (Wildman–Crippen LogP) is 2.85. The van der Waals surface area contributed by atoms with Crippen LogP contribution < -0.4 is 5.30 Å². The van der Waals surface area contributed by atoms with Gasteiger partial charge in [-0.25, -0.2) is 0 Å². The van der Waals surface area contributed by atoms with Crippen LogP contribution in [0.3, 0.4) is 0 Å².